The lowest BCUT2D eigenvalue weighted by Crippen LogP contribution is -2.69. The molecule has 220 valence electrons. The first-order valence-electron chi connectivity index (χ1n) is 14.9. The lowest BCUT2D eigenvalue weighted by Gasteiger charge is -2.66. The number of cyclic esters (lactones) is 1. The molecule has 0 bridgehead atoms. The summed E-state index contributed by atoms with van der Waals surface area (Å²) in [6.45, 7) is 4.19. The van der Waals surface area contributed by atoms with Crippen LogP contribution < -0.4 is 0 Å². The monoisotopic (exact) mass is 550 g/mol. The predicted octanol–water partition coefficient (Wildman–Crippen LogP) is 2.23. The Labute approximate surface area is 230 Å². The van der Waals surface area contributed by atoms with Crippen molar-refractivity contribution in [1.82, 2.24) is 0 Å². The van der Waals surface area contributed by atoms with Gasteiger partial charge in [0.15, 0.2) is 6.29 Å². The molecule has 0 radical (unpaired) electrons. The summed E-state index contributed by atoms with van der Waals surface area (Å²) < 4.78 is 23.0. The number of hydrogen-bond donors (Lipinski definition) is 4. The van der Waals surface area contributed by atoms with Crippen molar-refractivity contribution in [1.29, 1.82) is 0 Å². The van der Waals surface area contributed by atoms with Crippen LogP contribution in [0.25, 0.3) is 0 Å². The first-order chi connectivity index (χ1) is 18.5. The van der Waals surface area contributed by atoms with Crippen LogP contribution in [-0.4, -0.2) is 88.6 Å². The van der Waals surface area contributed by atoms with Crippen LogP contribution in [0, 0.1) is 28.6 Å². The molecule has 0 aromatic carbocycles. The third-order valence-electron chi connectivity index (χ3n) is 12.3. The van der Waals surface area contributed by atoms with Gasteiger partial charge < -0.3 is 39.4 Å². The van der Waals surface area contributed by atoms with Crippen molar-refractivity contribution in [2.45, 2.75) is 120 Å². The Bertz CT molecular complexity index is 1000. The average molecular weight is 551 g/mol. The summed E-state index contributed by atoms with van der Waals surface area (Å²) in [5.41, 5.74) is -2.06. The molecule has 2 aliphatic heterocycles. The quantitative estimate of drug-likeness (QED) is 0.300. The van der Waals surface area contributed by atoms with E-state index in [1.165, 1.54) is 0 Å². The van der Waals surface area contributed by atoms with Gasteiger partial charge in [-0.15, -0.1) is 0 Å². The van der Waals surface area contributed by atoms with E-state index in [-0.39, 0.29) is 48.0 Å². The van der Waals surface area contributed by atoms with Gasteiger partial charge in [-0.05, 0) is 81.6 Å². The van der Waals surface area contributed by atoms with Crippen LogP contribution in [0.3, 0.4) is 0 Å². The number of methoxy groups -OCH3 is 1. The molecule has 0 amide bonds. The third-order valence-corrected chi connectivity index (χ3v) is 12.3. The van der Waals surface area contributed by atoms with Crippen molar-refractivity contribution >= 4 is 5.97 Å². The molecule has 0 aromatic heterocycles. The summed E-state index contributed by atoms with van der Waals surface area (Å²) in [6, 6.07) is 0. The minimum Gasteiger partial charge on any atom is -0.458 e. The Morgan fingerprint density at radius 3 is 2.54 bits per heavy atom. The second-order valence-corrected chi connectivity index (χ2v) is 13.7. The molecule has 4 aliphatic carbocycles. The normalized spacial score (nSPS) is 53.4. The Morgan fingerprint density at radius 2 is 1.85 bits per heavy atom. The molecule has 6 aliphatic rings. The minimum absolute atomic E-state index is 0.00781. The smallest absolute Gasteiger partial charge is 0.331 e. The van der Waals surface area contributed by atoms with Crippen molar-refractivity contribution < 1.29 is 44.2 Å². The Kier molecular flexibility index (Phi) is 7.02. The fourth-order valence-electron chi connectivity index (χ4n) is 10.2. The molecule has 9 heteroatoms. The second kappa shape index (κ2) is 9.75. The molecule has 0 aromatic rings. The molecule has 1 saturated heterocycles. The van der Waals surface area contributed by atoms with Crippen molar-refractivity contribution in [2.75, 3.05) is 20.3 Å². The van der Waals surface area contributed by atoms with Crippen LogP contribution in [0.2, 0.25) is 0 Å². The van der Waals surface area contributed by atoms with E-state index in [1.807, 2.05) is 6.92 Å². The molecule has 39 heavy (non-hydrogen) atoms. The van der Waals surface area contributed by atoms with Gasteiger partial charge in [-0.1, -0.05) is 6.92 Å². The van der Waals surface area contributed by atoms with Crippen LogP contribution >= 0.6 is 0 Å². The van der Waals surface area contributed by atoms with Gasteiger partial charge in [-0.3, -0.25) is 0 Å². The Hall–Kier alpha value is -1.07. The molecule has 9 nitrogen and oxygen atoms in total. The van der Waals surface area contributed by atoms with Gasteiger partial charge in [-0.2, -0.15) is 0 Å². The fraction of sp³-hybridized carbons (Fsp3) is 0.900. The van der Waals surface area contributed by atoms with Crippen molar-refractivity contribution in [3.63, 3.8) is 0 Å². The molecule has 0 spiro atoms. The number of aliphatic hydroxyl groups is 4. The highest BCUT2D eigenvalue weighted by atomic mass is 16.7. The van der Waals surface area contributed by atoms with Gasteiger partial charge in [0.05, 0.1) is 36.1 Å². The van der Waals surface area contributed by atoms with Gasteiger partial charge in [0.2, 0.25) is 0 Å². The summed E-state index contributed by atoms with van der Waals surface area (Å²) in [5, 5.41) is 45.9. The van der Waals surface area contributed by atoms with E-state index < -0.39 is 35.1 Å². The molecule has 5 fully saturated rings. The summed E-state index contributed by atoms with van der Waals surface area (Å²) in [7, 11) is 1.58. The van der Waals surface area contributed by atoms with Crippen LogP contribution in [-0.2, 0) is 23.7 Å². The zero-order valence-electron chi connectivity index (χ0n) is 23.5. The third kappa shape index (κ3) is 4.02. The van der Waals surface area contributed by atoms with Gasteiger partial charge in [0, 0.05) is 36.9 Å². The molecule has 12 atom stereocenters. The number of hydrogen-bond acceptors (Lipinski definition) is 9. The van der Waals surface area contributed by atoms with Gasteiger partial charge >= 0.3 is 5.97 Å². The van der Waals surface area contributed by atoms with E-state index in [0.29, 0.717) is 51.6 Å². The molecule has 4 N–H and O–H groups in total. The lowest BCUT2D eigenvalue weighted by molar-refractivity contribution is -0.298. The number of carbonyl (C=O) groups excluding carboxylic acids is 1. The highest BCUT2D eigenvalue weighted by molar-refractivity contribution is 5.85. The van der Waals surface area contributed by atoms with Gasteiger partial charge in [-0.25, -0.2) is 4.79 Å². The maximum absolute atomic E-state index is 12.4. The summed E-state index contributed by atoms with van der Waals surface area (Å²) in [5.74, 6) is -0.192. The molecular weight excluding hydrogens is 504 g/mol. The molecule has 7 unspecified atom stereocenters. The largest absolute Gasteiger partial charge is 0.458 e. The van der Waals surface area contributed by atoms with E-state index in [4.69, 9.17) is 18.9 Å². The van der Waals surface area contributed by atoms with E-state index in [0.717, 1.165) is 24.8 Å². The SMILES string of the molecule is CO[C@H]1CC(OC2CC[C@]3(CO)C4CC[C@]5(C)C(C6=CC(=O)OC6)CCC5(O)C4CCC3(O)C2)O[C@H](C)[C@H]1O. The number of fused-ring (bicyclic) bond motifs is 5. The fourth-order valence-corrected chi connectivity index (χ4v) is 10.2. The maximum atomic E-state index is 12.4. The van der Waals surface area contributed by atoms with E-state index >= 15 is 0 Å². The molecule has 2 heterocycles. The van der Waals surface area contributed by atoms with Crippen molar-refractivity contribution in [3.05, 3.63) is 11.6 Å². The first-order valence-corrected chi connectivity index (χ1v) is 14.9. The summed E-state index contributed by atoms with van der Waals surface area (Å²) in [6.07, 6.45) is 5.82. The van der Waals surface area contributed by atoms with Crippen molar-refractivity contribution in [3.8, 4) is 0 Å². The first kappa shape index (κ1) is 28.1. The van der Waals surface area contributed by atoms with Crippen molar-refractivity contribution in [2.24, 2.45) is 28.6 Å². The molecule has 6 rings (SSSR count). The number of ether oxygens (including phenoxy) is 4. The molecule has 4 saturated carbocycles. The highest BCUT2D eigenvalue weighted by Gasteiger charge is 2.71. The number of rotatable bonds is 5. The minimum atomic E-state index is -1.09. The van der Waals surface area contributed by atoms with E-state index in [9.17, 15) is 25.2 Å². The maximum Gasteiger partial charge on any atom is 0.331 e. The lowest BCUT2D eigenvalue weighted by atomic mass is 9.41. The van der Waals surface area contributed by atoms with E-state index in [1.54, 1.807) is 13.2 Å². The average Bonchev–Trinajstić information content (AvgIpc) is 3.45. The summed E-state index contributed by atoms with van der Waals surface area (Å²) >= 11 is 0. The number of esters is 1. The number of carbonyl (C=O) groups is 1. The highest BCUT2D eigenvalue weighted by Crippen LogP contribution is 2.70. The zero-order chi connectivity index (χ0) is 27.8. The van der Waals surface area contributed by atoms with Gasteiger partial charge in [0.25, 0.3) is 0 Å². The Morgan fingerprint density at radius 1 is 1.08 bits per heavy atom. The van der Waals surface area contributed by atoms with E-state index in [2.05, 4.69) is 6.92 Å². The predicted molar refractivity (Wildman–Crippen MR) is 139 cm³/mol. The molecular formula is C30H46O9. The number of aliphatic hydroxyl groups excluding tert-OH is 2. The summed E-state index contributed by atoms with van der Waals surface area (Å²) in [4.78, 5) is 11.8. The van der Waals surface area contributed by atoms with Gasteiger partial charge in [0.1, 0.15) is 12.7 Å². The topological polar surface area (TPSA) is 135 Å². The van der Waals surface area contributed by atoms with Crippen LogP contribution in [0.5, 0.6) is 0 Å². The zero-order valence-corrected chi connectivity index (χ0v) is 23.5. The van der Waals surface area contributed by atoms with Crippen LogP contribution in [0.4, 0.5) is 0 Å². The van der Waals surface area contributed by atoms with Crippen LogP contribution in [0.1, 0.15) is 78.1 Å². The standard InChI is InChI=1S/C30H46O9/c1-17-26(33)23(36-3)13-25(38-17)39-19-4-9-28(16-31)21-5-8-27(2)20(18-12-24(32)37-15-18)7-11-30(27,35)22(21)6-10-29(28,34)14-19/h12,17,19-23,25-26,31,33-35H,4-11,13-16H2,1-3H3/t17-,19?,20?,21?,22?,23+,25?,26-,27-,28+,29?,30?/m1/s1. The Balaban J connectivity index is 1.20. The van der Waals surface area contributed by atoms with Crippen LogP contribution in [0.15, 0.2) is 11.6 Å². The second-order valence-electron chi connectivity index (χ2n) is 13.7.